The van der Waals surface area contributed by atoms with Crippen LogP contribution in [0.5, 0.6) is 23.0 Å². The molecular weight excluding hydrogens is 292 g/mol. The van der Waals surface area contributed by atoms with Gasteiger partial charge in [0.25, 0.3) is 0 Å². The molecule has 0 aromatic heterocycles. The molecule has 4 N–H and O–H groups in total. The lowest BCUT2D eigenvalue weighted by Gasteiger charge is -2.14. The van der Waals surface area contributed by atoms with Crippen LogP contribution < -0.4 is 0 Å². The Morgan fingerprint density at radius 1 is 0.609 bits per heavy atom. The minimum Gasteiger partial charge on any atom is -0.508 e. The van der Waals surface area contributed by atoms with Crippen molar-refractivity contribution in [3.05, 3.63) is 46.5 Å². The Morgan fingerprint density at radius 3 is 1.30 bits per heavy atom. The van der Waals surface area contributed by atoms with Gasteiger partial charge in [0.1, 0.15) is 23.0 Å². The quantitative estimate of drug-likeness (QED) is 0.607. The largest absolute Gasteiger partial charge is 0.508 e. The van der Waals surface area contributed by atoms with Crippen LogP contribution in [0.25, 0.3) is 0 Å². The Hall–Kier alpha value is -2.36. The Morgan fingerprint density at radius 2 is 0.957 bits per heavy atom. The Labute approximate surface area is 136 Å². The van der Waals surface area contributed by atoms with Crippen LogP contribution in [0.1, 0.15) is 48.9 Å². The summed E-state index contributed by atoms with van der Waals surface area (Å²) in [5.41, 5.74) is 2.46. The first kappa shape index (κ1) is 17.0. The summed E-state index contributed by atoms with van der Waals surface area (Å²) in [6.07, 6.45) is 3.29. The summed E-state index contributed by atoms with van der Waals surface area (Å²) in [4.78, 5) is 0. The fourth-order valence-corrected chi connectivity index (χ4v) is 2.88. The highest BCUT2D eigenvalue weighted by Crippen LogP contribution is 2.35. The van der Waals surface area contributed by atoms with Crippen LogP contribution >= 0.6 is 0 Å². The molecule has 2 rings (SSSR count). The molecule has 0 saturated heterocycles. The molecule has 0 aliphatic heterocycles. The van der Waals surface area contributed by atoms with E-state index in [-0.39, 0.29) is 29.4 Å². The van der Waals surface area contributed by atoms with Crippen LogP contribution in [-0.2, 0) is 19.3 Å². The van der Waals surface area contributed by atoms with E-state index in [1.807, 2.05) is 13.8 Å². The molecule has 0 saturated carbocycles. The molecule has 0 heterocycles. The van der Waals surface area contributed by atoms with Crippen molar-refractivity contribution in [1.29, 1.82) is 0 Å². The second kappa shape index (κ2) is 7.27. The molecule has 0 unspecified atom stereocenters. The molecule has 0 radical (unpaired) electrons. The predicted octanol–water partition coefficient (Wildman–Crippen LogP) is 4.00. The summed E-state index contributed by atoms with van der Waals surface area (Å²) in [7, 11) is 0. The zero-order valence-electron chi connectivity index (χ0n) is 13.6. The molecule has 0 amide bonds. The van der Waals surface area contributed by atoms with Gasteiger partial charge in [0, 0.05) is 17.5 Å². The maximum Gasteiger partial charge on any atom is 0.122 e. The van der Waals surface area contributed by atoms with Crippen molar-refractivity contribution in [2.24, 2.45) is 0 Å². The van der Waals surface area contributed by atoms with Gasteiger partial charge >= 0.3 is 0 Å². The molecule has 0 bridgehead atoms. The van der Waals surface area contributed by atoms with Gasteiger partial charge in [-0.3, -0.25) is 0 Å². The molecule has 0 spiro atoms. The SMILES string of the molecule is CCCc1cc(O)cc(Cc2cc(O)cc(CCC)c2O)c1O. The number of aromatic hydroxyl groups is 4. The lowest BCUT2D eigenvalue weighted by molar-refractivity contribution is 0.441. The molecule has 4 nitrogen and oxygen atoms in total. The van der Waals surface area contributed by atoms with Gasteiger partial charge in [-0.05, 0) is 48.2 Å². The van der Waals surface area contributed by atoms with Gasteiger partial charge in [0.15, 0.2) is 0 Å². The van der Waals surface area contributed by atoms with E-state index in [9.17, 15) is 20.4 Å². The van der Waals surface area contributed by atoms with Crippen LogP contribution in [0.15, 0.2) is 24.3 Å². The molecule has 0 aliphatic carbocycles. The number of hydrogen-bond donors (Lipinski definition) is 4. The standard InChI is InChI=1S/C19H24O4/c1-3-5-12-8-16(20)10-14(18(12)22)7-15-11-17(21)9-13(6-4-2)19(15)23/h8-11,20-23H,3-7H2,1-2H3. The average molecular weight is 316 g/mol. The number of phenols is 4. The van der Waals surface area contributed by atoms with E-state index in [1.54, 1.807) is 12.1 Å². The highest BCUT2D eigenvalue weighted by molar-refractivity contribution is 5.52. The summed E-state index contributed by atoms with van der Waals surface area (Å²) in [6, 6.07) is 6.12. The maximum atomic E-state index is 10.4. The summed E-state index contributed by atoms with van der Waals surface area (Å²) < 4.78 is 0. The van der Waals surface area contributed by atoms with Gasteiger partial charge in [-0.2, -0.15) is 0 Å². The van der Waals surface area contributed by atoms with E-state index in [0.29, 0.717) is 35.1 Å². The summed E-state index contributed by atoms with van der Waals surface area (Å²) in [6.45, 7) is 4.00. The second-order valence-electron chi connectivity index (χ2n) is 5.90. The van der Waals surface area contributed by atoms with Gasteiger partial charge in [0.2, 0.25) is 0 Å². The Bertz CT molecular complexity index is 633. The molecule has 124 valence electrons. The van der Waals surface area contributed by atoms with E-state index >= 15 is 0 Å². The number of hydrogen-bond acceptors (Lipinski definition) is 4. The van der Waals surface area contributed by atoms with E-state index in [0.717, 1.165) is 12.8 Å². The van der Waals surface area contributed by atoms with Crippen molar-refractivity contribution in [2.45, 2.75) is 46.0 Å². The molecule has 2 aromatic carbocycles. The van der Waals surface area contributed by atoms with Gasteiger partial charge in [-0.1, -0.05) is 26.7 Å². The smallest absolute Gasteiger partial charge is 0.122 e. The fourth-order valence-electron chi connectivity index (χ4n) is 2.88. The number of aryl methyl sites for hydroxylation is 2. The van der Waals surface area contributed by atoms with E-state index < -0.39 is 0 Å². The van der Waals surface area contributed by atoms with E-state index in [4.69, 9.17) is 0 Å². The number of benzene rings is 2. The van der Waals surface area contributed by atoms with Crippen LogP contribution in [-0.4, -0.2) is 20.4 Å². The predicted molar refractivity (Wildman–Crippen MR) is 90.3 cm³/mol. The normalized spacial score (nSPS) is 10.9. The number of rotatable bonds is 6. The molecule has 23 heavy (non-hydrogen) atoms. The van der Waals surface area contributed by atoms with Crippen molar-refractivity contribution in [3.63, 3.8) is 0 Å². The minimum absolute atomic E-state index is 0.0923. The van der Waals surface area contributed by atoms with Gasteiger partial charge in [0.05, 0.1) is 0 Å². The first-order chi connectivity index (χ1) is 11.0. The van der Waals surface area contributed by atoms with Gasteiger partial charge in [-0.25, -0.2) is 0 Å². The first-order valence-electron chi connectivity index (χ1n) is 8.03. The third-order valence-electron chi connectivity index (χ3n) is 3.92. The summed E-state index contributed by atoms with van der Waals surface area (Å²) >= 11 is 0. The second-order valence-corrected chi connectivity index (χ2v) is 5.90. The van der Waals surface area contributed by atoms with Crippen molar-refractivity contribution in [3.8, 4) is 23.0 Å². The zero-order chi connectivity index (χ0) is 17.0. The van der Waals surface area contributed by atoms with Gasteiger partial charge < -0.3 is 20.4 Å². The average Bonchev–Trinajstić information content (AvgIpc) is 2.49. The van der Waals surface area contributed by atoms with Crippen LogP contribution in [0, 0.1) is 0 Å². The van der Waals surface area contributed by atoms with Crippen molar-refractivity contribution >= 4 is 0 Å². The monoisotopic (exact) mass is 316 g/mol. The molecule has 4 heteroatoms. The molecule has 0 fully saturated rings. The highest BCUT2D eigenvalue weighted by atomic mass is 16.3. The van der Waals surface area contributed by atoms with E-state index in [1.165, 1.54) is 12.1 Å². The van der Waals surface area contributed by atoms with Crippen LogP contribution in [0.4, 0.5) is 0 Å². The summed E-state index contributed by atoms with van der Waals surface area (Å²) in [5, 5.41) is 40.5. The lowest BCUT2D eigenvalue weighted by atomic mass is 9.96. The molecule has 2 aromatic rings. The highest BCUT2D eigenvalue weighted by Gasteiger charge is 2.15. The van der Waals surface area contributed by atoms with Crippen LogP contribution in [0.2, 0.25) is 0 Å². The molecular formula is C19H24O4. The topological polar surface area (TPSA) is 80.9 Å². The van der Waals surface area contributed by atoms with Crippen molar-refractivity contribution in [2.75, 3.05) is 0 Å². The lowest BCUT2D eigenvalue weighted by Crippen LogP contribution is -1.96. The van der Waals surface area contributed by atoms with Crippen molar-refractivity contribution < 1.29 is 20.4 Å². The Kier molecular flexibility index (Phi) is 5.37. The van der Waals surface area contributed by atoms with Crippen molar-refractivity contribution in [1.82, 2.24) is 0 Å². The first-order valence-corrected chi connectivity index (χ1v) is 8.03. The molecule has 0 aliphatic rings. The fraction of sp³-hybridized carbons (Fsp3) is 0.368. The number of phenolic OH excluding ortho intramolecular Hbond substituents is 4. The Balaban J connectivity index is 2.43. The zero-order valence-corrected chi connectivity index (χ0v) is 13.6. The van der Waals surface area contributed by atoms with E-state index in [2.05, 4.69) is 0 Å². The third kappa shape index (κ3) is 3.89. The third-order valence-corrected chi connectivity index (χ3v) is 3.92. The van der Waals surface area contributed by atoms with Gasteiger partial charge in [-0.15, -0.1) is 0 Å². The van der Waals surface area contributed by atoms with Crippen LogP contribution in [0.3, 0.4) is 0 Å². The maximum absolute atomic E-state index is 10.4. The summed E-state index contributed by atoms with van der Waals surface area (Å²) in [5.74, 6) is 0.471. The molecule has 0 atom stereocenters. The minimum atomic E-state index is 0.0923.